The molecular weight excluding hydrogens is 360 g/mol. The van der Waals surface area contributed by atoms with Crippen molar-refractivity contribution >= 4 is 28.8 Å². The van der Waals surface area contributed by atoms with E-state index in [0.29, 0.717) is 19.6 Å². The Hall–Kier alpha value is -1.76. The van der Waals surface area contributed by atoms with Gasteiger partial charge in [0.2, 0.25) is 12.7 Å². The first-order valence-electron chi connectivity index (χ1n) is 8.14. The average Bonchev–Trinajstić information content (AvgIpc) is 3.22. The first-order chi connectivity index (χ1) is 12.0. The third kappa shape index (κ3) is 4.66. The molecule has 0 bridgehead atoms. The van der Waals surface area contributed by atoms with Gasteiger partial charge in [0.05, 0.1) is 17.4 Å². The first-order valence-corrected chi connectivity index (χ1v) is 9.33. The number of nitrogens with zero attached hydrogens (tertiary/aromatic N) is 2. The molecule has 0 spiro atoms. The van der Waals surface area contributed by atoms with Gasteiger partial charge in [0.25, 0.3) is 0 Å². The fraction of sp³-hybridized carbons (Fsp3) is 0.389. The molecule has 1 aromatic heterocycles. The lowest BCUT2D eigenvalue weighted by Crippen LogP contribution is -2.37. The number of carbonyl (C=O) groups is 1. The van der Waals surface area contributed by atoms with E-state index in [4.69, 9.17) is 21.1 Å². The molecule has 1 aliphatic heterocycles. The van der Waals surface area contributed by atoms with E-state index in [1.807, 2.05) is 37.4 Å². The summed E-state index contributed by atoms with van der Waals surface area (Å²) in [6.45, 7) is 4.76. The van der Waals surface area contributed by atoms with Crippen molar-refractivity contribution in [2.45, 2.75) is 20.0 Å². The number of hydrogen-bond donors (Lipinski definition) is 0. The van der Waals surface area contributed by atoms with Crippen molar-refractivity contribution in [1.29, 1.82) is 0 Å². The molecule has 3 rings (SSSR count). The maximum Gasteiger partial charge on any atom is 0.236 e. The van der Waals surface area contributed by atoms with Crippen LogP contribution in [0.1, 0.15) is 17.4 Å². The van der Waals surface area contributed by atoms with E-state index in [1.165, 1.54) is 11.3 Å². The largest absolute Gasteiger partial charge is 0.454 e. The van der Waals surface area contributed by atoms with Gasteiger partial charge in [-0.25, -0.2) is 0 Å². The van der Waals surface area contributed by atoms with E-state index in [1.54, 1.807) is 4.90 Å². The molecule has 0 fully saturated rings. The minimum atomic E-state index is 0.0899. The van der Waals surface area contributed by atoms with Crippen molar-refractivity contribution in [3.8, 4) is 11.5 Å². The van der Waals surface area contributed by atoms with Gasteiger partial charge in [0.15, 0.2) is 11.5 Å². The summed E-state index contributed by atoms with van der Waals surface area (Å²) in [6, 6.07) is 9.73. The molecular formula is C18H21ClN2O3S. The van der Waals surface area contributed by atoms with E-state index in [-0.39, 0.29) is 12.7 Å². The van der Waals surface area contributed by atoms with Gasteiger partial charge in [0.1, 0.15) is 0 Å². The highest BCUT2D eigenvalue weighted by Gasteiger charge is 2.17. The average molecular weight is 381 g/mol. The predicted molar refractivity (Wildman–Crippen MR) is 99.3 cm³/mol. The topological polar surface area (TPSA) is 42.0 Å². The molecule has 2 aromatic rings. The predicted octanol–water partition coefficient (Wildman–Crippen LogP) is 3.61. The maximum atomic E-state index is 12.5. The molecule has 25 heavy (non-hydrogen) atoms. The molecule has 0 atom stereocenters. The van der Waals surface area contributed by atoms with Crippen LogP contribution in [0.25, 0.3) is 0 Å². The zero-order valence-corrected chi connectivity index (χ0v) is 15.9. The van der Waals surface area contributed by atoms with Crippen LogP contribution in [0.2, 0.25) is 4.34 Å². The highest BCUT2D eigenvalue weighted by molar-refractivity contribution is 7.16. The third-order valence-electron chi connectivity index (χ3n) is 4.10. The summed E-state index contributed by atoms with van der Waals surface area (Å²) in [6.07, 6.45) is 0. The number of likely N-dealkylation sites (N-methyl/N-ethyl adjacent to an activating group) is 2. The van der Waals surface area contributed by atoms with E-state index in [9.17, 15) is 4.79 Å². The first kappa shape index (κ1) is 18.0. The molecule has 0 radical (unpaired) electrons. The Morgan fingerprint density at radius 3 is 2.72 bits per heavy atom. The van der Waals surface area contributed by atoms with Gasteiger partial charge >= 0.3 is 0 Å². The molecule has 7 heteroatoms. The minimum absolute atomic E-state index is 0.0899. The highest BCUT2D eigenvalue weighted by Crippen LogP contribution is 2.32. The fourth-order valence-corrected chi connectivity index (χ4v) is 3.79. The van der Waals surface area contributed by atoms with Crippen LogP contribution in [0.15, 0.2) is 30.3 Å². The lowest BCUT2D eigenvalue weighted by Gasteiger charge is -2.24. The van der Waals surface area contributed by atoms with Crippen LogP contribution in [-0.4, -0.2) is 42.6 Å². The zero-order valence-electron chi connectivity index (χ0n) is 14.3. The van der Waals surface area contributed by atoms with Crippen LogP contribution in [-0.2, 0) is 17.9 Å². The summed E-state index contributed by atoms with van der Waals surface area (Å²) in [7, 11) is 1.82. The smallest absolute Gasteiger partial charge is 0.236 e. The van der Waals surface area contributed by atoms with Gasteiger partial charge in [-0.1, -0.05) is 24.6 Å². The Bertz CT molecular complexity index is 750. The molecule has 0 saturated heterocycles. The summed E-state index contributed by atoms with van der Waals surface area (Å²) in [4.78, 5) is 17.4. The molecule has 2 heterocycles. The number of amides is 1. The van der Waals surface area contributed by atoms with Crippen LogP contribution < -0.4 is 9.47 Å². The summed E-state index contributed by atoms with van der Waals surface area (Å²) >= 11 is 7.45. The van der Waals surface area contributed by atoms with Crippen molar-refractivity contribution in [3.63, 3.8) is 0 Å². The number of benzene rings is 1. The van der Waals surface area contributed by atoms with E-state index in [0.717, 1.165) is 32.8 Å². The Balaban J connectivity index is 1.56. The second kappa shape index (κ2) is 8.08. The monoisotopic (exact) mass is 380 g/mol. The second-order valence-corrected chi connectivity index (χ2v) is 7.75. The van der Waals surface area contributed by atoms with Gasteiger partial charge in [-0.05, 0) is 36.4 Å². The quantitative estimate of drug-likeness (QED) is 0.735. The van der Waals surface area contributed by atoms with Gasteiger partial charge in [0, 0.05) is 18.5 Å². The highest BCUT2D eigenvalue weighted by atomic mass is 35.5. The second-order valence-electron chi connectivity index (χ2n) is 5.95. The number of thiophene rings is 1. The lowest BCUT2D eigenvalue weighted by atomic mass is 10.2. The maximum absolute atomic E-state index is 12.5. The van der Waals surface area contributed by atoms with Crippen LogP contribution >= 0.6 is 22.9 Å². The van der Waals surface area contributed by atoms with Crippen molar-refractivity contribution in [3.05, 3.63) is 45.1 Å². The van der Waals surface area contributed by atoms with Crippen molar-refractivity contribution in [2.24, 2.45) is 0 Å². The summed E-state index contributed by atoms with van der Waals surface area (Å²) in [5.74, 6) is 1.64. The molecule has 1 aliphatic rings. The van der Waals surface area contributed by atoms with Crippen molar-refractivity contribution in [1.82, 2.24) is 9.80 Å². The molecule has 1 amide bonds. The van der Waals surface area contributed by atoms with Crippen molar-refractivity contribution < 1.29 is 14.3 Å². The normalized spacial score (nSPS) is 12.6. The van der Waals surface area contributed by atoms with Gasteiger partial charge < -0.3 is 14.4 Å². The third-order valence-corrected chi connectivity index (χ3v) is 5.31. The molecule has 1 aromatic carbocycles. The number of rotatable bonds is 7. The minimum Gasteiger partial charge on any atom is -0.454 e. The van der Waals surface area contributed by atoms with E-state index < -0.39 is 0 Å². The number of carbonyl (C=O) groups excluding carboxylic acids is 1. The fourth-order valence-electron chi connectivity index (χ4n) is 2.65. The number of ether oxygens (including phenoxy) is 2. The molecule has 0 aliphatic carbocycles. The van der Waals surface area contributed by atoms with E-state index in [2.05, 4.69) is 11.8 Å². The lowest BCUT2D eigenvalue weighted by molar-refractivity contribution is -0.131. The zero-order chi connectivity index (χ0) is 17.8. The Labute approximate surface area is 156 Å². The number of hydrogen-bond acceptors (Lipinski definition) is 5. The van der Waals surface area contributed by atoms with Crippen LogP contribution in [0, 0.1) is 0 Å². The molecule has 0 N–H and O–H groups in total. The summed E-state index contributed by atoms with van der Waals surface area (Å²) in [5.41, 5.74) is 1.10. The number of halogens is 1. The van der Waals surface area contributed by atoms with Gasteiger partial charge in [-0.2, -0.15) is 0 Å². The standard InChI is InChI=1S/C18H21ClN2O3S/c1-3-21(9-13-4-6-15-16(8-13)24-12-23-15)11-18(22)20(2)10-14-5-7-17(19)25-14/h4-8H,3,9-12H2,1-2H3. The summed E-state index contributed by atoms with van der Waals surface area (Å²) in [5, 5.41) is 0. The van der Waals surface area contributed by atoms with Crippen molar-refractivity contribution in [2.75, 3.05) is 26.9 Å². The molecule has 134 valence electrons. The SMILES string of the molecule is CCN(CC(=O)N(C)Cc1ccc(Cl)s1)Cc1ccc2c(c1)OCO2. The van der Waals surface area contributed by atoms with Gasteiger partial charge in [-0.3, -0.25) is 9.69 Å². The Morgan fingerprint density at radius 2 is 2.00 bits per heavy atom. The molecule has 5 nitrogen and oxygen atoms in total. The van der Waals surface area contributed by atoms with Gasteiger partial charge in [-0.15, -0.1) is 11.3 Å². The van der Waals surface area contributed by atoms with Crippen LogP contribution in [0.5, 0.6) is 11.5 Å². The van der Waals surface area contributed by atoms with Crippen LogP contribution in [0.4, 0.5) is 0 Å². The Kier molecular flexibility index (Phi) is 5.83. The summed E-state index contributed by atoms with van der Waals surface area (Å²) < 4.78 is 11.5. The van der Waals surface area contributed by atoms with E-state index >= 15 is 0 Å². The molecule has 0 unspecified atom stereocenters. The molecule has 0 saturated carbocycles. The van der Waals surface area contributed by atoms with Crippen LogP contribution in [0.3, 0.4) is 0 Å². The Morgan fingerprint density at radius 1 is 1.20 bits per heavy atom. The number of fused-ring (bicyclic) bond motifs is 1.